The number of anilines is 1. The van der Waals surface area contributed by atoms with Gasteiger partial charge < -0.3 is 11.1 Å². The summed E-state index contributed by atoms with van der Waals surface area (Å²) in [4.78, 5) is 23.6. The fourth-order valence-corrected chi connectivity index (χ4v) is 3.71. The molecule has 2 aromatic rings. The smallest absolute Gasteiger partial charge is 0.264 e. The van der Waals surface area contributed by atoms with Gasteiger partial charge in [0.05, 0.1) is 10.6 Å². The van der Waals surface area contributed by atoms with Gasteiger partial charge in [0, 0.05) is 12.6 Å². The fraction of sp³-hybridized carbons (Fsp3) is 0.263. The van der Waals surface area contributed by atoms with Crippen LogP contribution in [-0.4, -0.2) is 33.3 Å². The van der Waals surface area contributed by atoms with E-state index in [4.69, 9.17) is 5.73 Å². The molecular formula is C19H23N3O4S. The zero-order valence-electron chi connectivity index (χ0n) is 15.5. The molecule has 144 valence electrons. The van der Waals surface area contributed by atoms with Crippen molar-refractivity contribution < 1.29 is 18.0 Å². The van der Waals surface area contributed by atoms with Crippen molar-refractivity contribution in [3.05, 3.63) is 59.7 Å². The molecule has 0 radical (unpaired) electrons. The summed E-state index contributed by atoms with van der Waals surface area (Å²) >= 11 is 0. The van der Waals surface area contributed by atoms with E-state index < -0.39 is 27.9 Å². The van der Waals surface area contributed by atoms with Gasteiger partial charge in [0.15, 0.2) is 0 Å². The second-order valence-electron chi connectivity index (χ2n) is 6.17. The van der Waals surface area contributed by atoms with Crippen molar-refractivity contribution in [2.24, 2.45) is 5.73 Å². The lowest BCUT2D eigenvalue weighted by molar-refractivity contribution is -0.119. The average Bonchev–Trinajstić information content (AvgIpc) is 2.65. The monoisotopic (exact) mass is 389 g/mol. The molecule has 27 heavy (non-hydrogen) atoms. The molecule has 0 heterocycles. The van der Waals surface area contributed by atoms with Crippen LogP contribution in [0.4, 0.5) is 5.69 Å². The zero-order valence-corrected chi connectivity index (χ0v) is 16.3. The quantitative estimate of drug-likeness (QED) is 0.752. The standard InChI is InChI=1S/C19H23N3O4S/c1-4-17(18(20)23)21-19(24)14-6-5-7-16(12-14)27(25,26)22(3)15-10-8-13(2)9-11-15/h5-12,17H,4H2,1-3H3,(H2,20,23)(H,21,24)/t17-/m0/s1. The predicted octanol–water partition coefficient (Wildman–Crippen LogP) is 1.81. The van der Waals surface area contributed by atoms with Crippen molar-refractivity contribution in [1.29, 1.82) is 0 Å². The molecule has 2 aromatic carbocycles. The van der Waals surface area contributed by atoms with Gasteiger partial charge in [-0.15, -0.1) is 0 Å². The van der Waals surface area contributed by atoms with Gasteiger partial charge in [-0.25, -0.2) is 8.42 Å². The van der Waals surface area contributed by atoms with Gasteiger partial charge in [-0.1, -0.05) is 30.7 Å². The summed E-state index contributed by atoms with van der Waals surface area (Å²) in [5.74, 6) is -1.20. The lowest BCUT2D eigenvalue weighted by Crippen LogP contribution is -2.44. The number of benzene rings is 2. The van der Waals surface area contributed by atoms with Crippen molar-refractivity contribution in [3.8, 4) is 0 Å². The Kier molecular flexibility index (Phi) is 6.22. The maximum atomic E-state index is 12.9. The van der Waals surface area contributed by atoms with Crippen LogP contribution in [0.1, 0.15) is 29.3 Å². The molecule has 0 aromatic heterocycles. The van der Waals surface area contributed by atoms with Crippen LogP contribution >= 0.6 is 0 Å². The van der Waals surface area contributed by atoms with E-state index in [9.17, 15) is 18.0 Å². The van der Waals surface area contributed by atoms with Gasteiger partial charge in [-0.3, -0.25) is 13.9 Å². The van der Waals surface area contributed by atoms with E-state index in [1.54, 1.807) is 19.1 Å². The molecule has 2 amide bonds. The number of aryl methyl sites for hydroxylation is 1. The molecule has 0 saturated carbocycles. The van der Waals surface area contributed by atoms with Crippen molar-refractivity contribution in [3.63, 3.8) is 0 Å². The van der Waals surface area contributed by atoms with Gasteiger partial charge in [0.25, 0.3) is 15.9 Å². The van der Waals surface area contributed by atoms with Crippen LogP contribution in [0.15, 0.2) is 53.4 Å². The highest BCUT2D eigenvalue weighted by atomic mass is 32.2. The average molecular weight is 389 g/mol. The Morgan fingerprint density at radius 1 is 1.15 bits per heavy atom. The van der Waals surface area contributed by atoms with Gasteiger partial charge in [-0.05, 0) is 43.7 Å². The van der Waals surface area contributed by atoms with Gasteiger partial charge in [-0.2, -0.15) is 0 Å². The number of hydrogen-bond donors (Lipinski definition) is 2. The number of nitrogens with two attached hydrogens (primary N) is 1. The number of primary amides is 1. The Balaban J connectivity index is 2.31. The first kappa shape index (κ1) is 20.4. The lowest BCUT2D eigenvalue weighted by atomic mass is 10.1. The molecule has 7 nitrogen and oxygen atoms in total. The number of sulfonamides is 1. The van der Waals surface area contributed by atoms with E-state index >= 15 is 0 Å². The number of nitrogens with zero attached hydrogens (tertiary/aromatic N) is 1. The highest BCUT2D eigenvalue weighted by Gasteiger charge is 2.23. The number of rotatable bonds is 7. The number of carbonyl (C=O) groups excluding carboxylic acids is 2. The van der Waals surface area contributed by atoms with E-state index in [-0.39, 0.29) is 10.5 Å². The van der Waals surface area contributed by atoms with Crippen molar-refractivity contribution in [1.82, 2.24) is 5.32 Å². The van der Waals surface area contributed by atoms with E-state index in [1.807, 2.05) is 19.1 Å². The van der Waals surface area contributed by atoms with E-state index in [2.05, 4.69) is 5.32 Å². The largest absolute Gasteiger partial charge is 0.368 e. The predicted molar refractivity (Wildman–Crippen MR) is 104 cm³/mol. The Morgan fingerprint density at radius 3 is 2.33 bits per heavy atom. The molecule has 0 bridgehead atoms. The number of hydrogen-bond acceptors (Lipinski definition) is 4. The molecule has 3 N–H and O–H groups in total. The minimum absolute atomic E-state index is 0.0228. The molecule has 0 spiro atoms. The van der Waals surface area contributed by atoms with Crippen LogP contribution in [0, 0.1) is 6.92 Å². The van der Waals surface area contributed by atoms with Crippen LogP contribution in [0.2, 0.25) is 0 Å². The number of nitrogens with one attached hydrogen (secondary N) is 1. The summed E-state index contributed by atoms with van der Waals surface area (Å²) in [6, 6.07) is 11.9. The molecule has 0 aliphatic carbocycles. The van der Waals surface area contributed by atoms with Crippen molar-refractivity contribution in [2.75, 3.05) is 11.4 Å². The van der Waals surface area contributed by atoms with E-state index in [0.717, 1.165) is 9.87 Å². The molecule has 0 fully saturated rings. The topological polar surface area (TPSA) is 110 Å². The molecule has 0 unspecified atom stereocenters. The summed E-state index contributed by atoms with van der Waals surface area (Å²) in [5, 5.41) is 2.51. The van der Waals surface area contributed by atoms with Crippen LogP contribution in [0.5, 0.6) is 0 Å². The first-order valence-electron chi connectivity index (χ1n) is 8.42. The third kappa shape index (κ3) is 4.65. The second kappa shape index (κ2) is 8.22. The van der Waals surface area contributed by atoms with Crippen molar-refractivity contribution in [2.45, 2.75) is 31.2 Å². The molecule has 8 heteroatoms. The Bertz CT molecular complexity index is 940. The third-order valence-electron chi connectivity index (χ3n) is 4.21. The molecule has 0 aliphatic heterocycles. The van der Waals surface area contributed by atoms with Crippen LogP contribution in [-0.2, 0) is 14.8 Å². The minimum Gasteiger partial charge on any atom is -0.368 e. The van der Waals surface area contributed by atoms with Crippen LogP contribution in [0.3, 0.4) is 0 Å². The SMILES string of the molecule is CC[C@H](NC(=O)c1cccc(S(=O)(=O)N(C)c2ccc(C)cc2)c1)C(N)=O. The molecule has 2 rings (SSSR count). The van der Waals surface area contributed by atoms with Gasteiger partial charge in [0.1, 0.15) is 6.04 Å². The normalized spacial score (nSPS) is 12.3. The van der Waals surface area contributed by atoms with Crippen LogP contribution in [0.25, 0.3) is 0 Å². The molecule has 0 saturated heterocycles. The van der Waals surface area contributed by atoms with Crippen molar-refractivity contribution >= 4 is 27.5 Å². The summed E-state index contributed by atoms with van der Waals surface area (Å²) in [5.41, 5.74) is 6.89. The van der Waals surface area contributed by atoms with Gasteiger partial charge >= 0.3 is 0 Å². The summed E-state index contributed by atoms with van der Waals surface area (Å²) < 4.78 is 27.0. The summed E-state index contributed by atoms with van der Waals surface area (Å²) in [6.45, 7) is 3.63. The first-order chi connectivity index (χ1) is 12.7. The molecule has 0 aliphatic rings. The number of carbonyl (C=O) groups is 2. The van der Waals surface area contributed by atoms with Gasteiger partial charge in [0.2, 0.25) is 5.91 Å². The fourth-order valence-electron chi connectivity index (χ4n) is 2.47. The Morgan fingerprint density at radius 2 is 1.78 bits per heavy atom. The maximum Gasteiger partial charge on any atom is 0.264 e. The van der Waals surface area contributed by atoms with Crippen LogP contribution < -0.4 is 15.4 Å². The molecule has 1 atom stereocenters. The summed E-state index contributed by atoms with van der Waals surface area (Å²) in [7, 11) is -2.40. The highest BCUT2D eigenvalue weighted by Crippen LogP contribution is 2.23. The third-order valence-corrected chi connectivity index (χ3v) is 5.99. The minimum atomic E-state index is -3.85. The highest BCUT2D eigenvalue weighted by molar-refractivity contribution is 7.92. The zero-order chi connectivity index (χ0) is 20.2. The lowest BCUT2D eigenvalue weighted by Gasteiger charge is -2.20. The second-order valence-corrected chi connectivity index (χ2v) is 8.14. The first-order valence-corrected chi connectivity index (χ1v) is 9.86. The summed E-state index contributed by atoms with van der Waals surface area (Å²) in [6.07, 6.45) is 0.342. The Labute approximate surface area is 159 Å². The Hall–Kier alpha value is -2.87. The molecular weight excluding hydrogens is 366 g/mol. The maximum absolute atomic E-state index is 12.9. The number of amides is 2. The van der Waals surface area contributed by atoms with E-state index in [1.165, 1.54) is 31.3 Å². The van der Waals surface area contributed by atoms with E-state index in [0.29, 0.717) is 12.1 Å².